The van der Waals surface area contributed by atoms with Crippen molar-refractivity contribution >= 4 is 17.2 Å². The van der Waals surface area contributed by atoms with Gasteiger partial charge in [0.1, 0.15) is 18.1 Å². The van der Waals surface area contributed by atoms with Crippen molar-refractivity contribution in [2.45, 2.75) is 6.61 Å². The molecule has 0 bridgehead atoms. The topological polar surface area (TPSA) is 87.0 Å². The van der Waals surface area contributed by atoms with Gasteiger partial charge in [0.25, 0.3) is 5.91 Å². The van der Waals surface area contributed by atoms with Crippen molar-refractivity contribution in [3.8, 4) is 11.5 Å². The Kier molecular flexibility index (Phi) is 5.10. The normalized spacial score (nSPS) is 10.6. The Hall–Kier alpha value is -3.13. The molecule has 0 aliphatic carbocycles. The van der Waals surface area contributed by atoms with E-state index in [1.165, 1.54) is 0 Å². The number of aromatic nitrogens is 3. The number of benzene rings is 1. The van der Waals surface area contributed by atoms with Crippen molar-refractivity contribution in [3.05, 3.63) is 48.4 Å². The molecule has 0 aliphatic heterocycles. The highest BCUT2D eigenvalue weighted by Crippen LogP contribution is 2.18. The van der Waals surface area contributed by atoms with E-state index < -0.39 is 0 Å². The number of methoxy groups -OCH3 is 2. The number of amides is 1. The highest BCUT2D eigenvalue weighted by atomic mass is 16.5. The zero-order chi connectivity index (χ0) is 17.6. The Morgan fingerprint density at radius 1 is 1.16 bits per heavy atom. The summed E-state index contributed by atoms with van der Waals surface area (Å²) in [5, 5.41) is 7.05. The number of pyridine rings is 1. The van der Waals surface area contributed by atoms with Crippen LogP contribution in [0.15, 0.2) is 42.6 Å². The Balaban J connectivity index is 1.64. The fraction of sp³-hybridized carbons (Fsp3) is 0.235. The molecule has 130 valence electrons. The second kappa shape index (κ2) is 7.63. The van der Waals surface area contributed by atoms with Gasteiger partial charge in [-0.1, -0.05) is 0 Å². The van der Waals surface area contributed by atoms with E-state index in [-0.39, 0.29) is 12.5 Å². The zero-order valence-electron chi connectivity index (χ0n) is 13.9. The van der Waals surface area contributed by atoms with Crippen molar-refractivity contribution in [3.63, 3.8) is 0 Å². The number of ether oxygens (including phenoxy) is 3. The summed E-state index contributed by atoms with van der Waals surface area (Å²) in [5.74, 6) is 1.56. The third-order valence-corrected chi connectivity index (χ3v) is 3.38. The lowest BCUT2D eigenvalue weighted by Crippen LogP contribution is -2.20. The number of hydrogen-bond acceptors (Lipinski definition) is 6. The van der Waals surface area contributed by atoms with Crippen molar-refractivity contribution in [1.82, 2.24) is 14.6 Å². The molecule has 0 fully saturated rings. The molecule has 0 saturated heterocycles. The number of anilines is 1. The molecule has 0 spiro atoms. The van der Waals surface area contributed by atoms with E-state index in [0.29, 0.717) is 29.5 Å². The van der Waals surface area contributed by atoms with Crippen molar-refractivity contribution in [2.75, 3.05) is 26.1 Å². The zero-order valence-corrected chi connectivity index (χ0v) is 13.9. The van der Waals surface area contributed by atoms with Gasteiger partial charge in [-0.2, -0.15) is 0 Å². The molecule has 2 aromatic heterocycles. The molecule has 25 heavy (non-hydrogen) atoms. The largest absolute Gasteiger partial charge is 0.497 e. The number of rotatable bonds is 7. The lowest BCUT2D eigenvalue weighted by atomic mass is 10.3. The van der Waals surface area contributed by atoms with Crippen LogP contribution in [0.25, 0.3) is 5.65 Å². The first-order chi connectivity index (χ1) is 12.2. The fourth-order valence-corrected chi connectivity index (χ4v) is 2.25. The van der Waals surface area contributed by atoms with Gasteiger partial charge in [-0.15, -0.1) is 5.10 Å². The second-order valence-corrected chi connectivity index (χ2v) is 5.16. The maximum absolute atomic E-state index is 12.1. The molecule has 0 radical (unpaired) electrons. The van der Waals surface area contributed by atoms with Crippen molar-refractivity contribution in [1.29, 1.82) is 0 Å². The number of nitrogens with zero attached hydrogens (tertiary/aromatic N) is 3. The summed E-state index contributed by atoms with van der Waals surface area (Å²) in [7, 11) is 3.16. The van der Waals surface area contributed by atoms with Gasteiger partial charge in [0, 0.05) is 13.3 Å². The van der Waals surface area contributed by atoms with Gasteiger partial charge in [-0.25, -0.2) is 9.50 Å². The Labute approximate surface area is 144 Å². The van der Waals surface area contributed by atoms with Crippen molar-refractivity contribution < 1.29 is 19.0 Å². The maximum Gasteiger partial charge on any atom is 0.262 e. The van der Waals surface area contributed by atoms with Crippen molar-refractivity contribution in [2.24, 2.45) is 0 Å². The first-order valence-electron chi connectivity index (χ1n) is 7.59. The number of hydrogen-bond donors (Lipinski definition) is 1. The summed E-state index contributed by atoms with van der Waals surface area (Å²) in [6.07, 6.45) is 1.75. The predicted molar refractivity (Wildman–Crippen MR) is 90.8 cm³/mol. The van der Waals surface area contributed by atoms with E-state index in [2.05, 4.69) is 15.4 Å². The van der Waals surface area contributed by atoms with Gasteiger partial charge in [-0.05, 0) is 36.4 Å². The number of carbonyl (C=O) groups is 1. The molecular weight excluding hydrogens is 324 g/mol. The molecule has 2 heterocycles. The molecular formula is C17H18N4O4. The predicted octanol–water partition coefficient (Wildman–Crippen LogP) is 1.90. The van der Waals surface area contributed by atoms with Gasteiger partial charge >= 0.3 is 0 Å². The van der Waals surface area contributed by atoms with Crippen LogP contribution in [0.5, 0.6) is 11.5 Å². The minimum atomic E-state index is -0.291. The third-order valence-electron chi connectivity index (χ3n) is 3.38. The van der Waals surface area contributed by atoms with Crippen LogP contribution in [-0.4, -0.2) is 41.3 Å². The molecule has 3 aromatic rings. The SMILES string of the molecule is COCc1nc2c(NC(=O)COc3ccc(OC)cc3)cccn2n1. The summed E-state index contributed by atoms with van der Waals surface area (Å²) in [4.78, 5) is 16.5. The molecule has 0 saturated carbocycles. The molecule has 3 rings (SSSR count). The first kappa shape index (κ1) is 16.7. The lowest BCUT2D eigenvalue weighted by Gasteiger charge is -2.08. The number of carbonyl (C=O) groups excluding carboxylic acids is 1. The smallest absolute Gasteiger partial charge is 0.262 e. The average molecular weight is 342 g/mol. The van der Waals surface area contributed by atoms with E-state index in [1.54, 1.807) is 61.3 Å². The van der Waals surface area contributed by atoms with E-state index in [1.807, 2.05) is 0 Å². The van der Waals surface area contributed by atoms with Crippen LogP contribution in [0.2, 0.25) is 0 Å². The standard InChI is InChI=1S/C17H18N4O4/c1-23-10-15-19-17-14(4-3-9-21(17)20-15)18-16(22)11-25-13-7-5-12(24-2)6-8-13/h3-9H,10-11H2,1-2H3,(H,18,22). The maximum atomic E-state index is 12.1. The highest BCUT2D eigenvalue weighted by Gasteiger charge is 2.11. The summed E-state index contributed by atoms with van der Waals surface area (Å²) in [6, 6.07) is 10.5. The van der Waals surface area contributed by atoms with E-state index in [9.17, 15) is 4.79 Å². The lowest BCUT2D eigenvalue weighted by molar-refractivity contribution is -0.118. The average Bonchev–Trinajstić information content (AvgIpc) is 3.04. The van der Waals surface area contributed by atoms with Crippen LogP contribution in [0.3, 0.4) is 0 Å². The minimum Gasteiger partial charge on any atom is -0.497 e. The molecule has 0 atom stereocenters. The van der Waals surface area contributed by atoms with Gasteiger partial charge in [0.15, 0.2) is 18.1 Å². The van der Waals surface area contributed by atoms with E-state index >= 15 is 0 Å². The van der Waals surface area contributed by atoms with Crippen LogP contribution >= 0.6 is 0 Å². The Morgan fingerprint density at radius 2 is 1.92 bits per heavy atom. The molecule has 8 nitrogen and oxygen atoms in total. The summed E-state index contributed by atoms with van der Waals surface area (Å²) < 4.78 is 17.2. The summed E-state index contributed by atoms with van der Waals surface area (Å²) in [5.41, 5.74) is 1.10. The quantitative estimate of drug-likeness (QED) is 0.706. The molecule has 1 N–H and O–H groups in total. The Bertz CT molecular complexity index is 861. The third kappa shape index (κ3) is 4.04. The van der Waals surface area contributed by atoms with Crippen LogP contribution in [0.1, 0.15) is 5.82 Å². The molecule has 8 heteroatoms. The van der Waals surface area contributed by atoms with Crippen LogP contribution in [-0.2, 0) is 16.1 Å². The van der Waals surface area contributed by atoms with Crippen LogP contribution in [0.4, 0.5) is 5.69 Å². The fourth-order valence-electron chi connectivity index (χ4n) is 2.25. The van der Waals surface area contributed by atoms with E-state index in [4.69, 9.17) is 14.2 Å². The number of fused-ring (bicyclic) bond motifs is 1. The molecule has 0 unspecified atom stereocenters. The van der Waals surface area contributed by atoms with Gasteiger partial charge in [-0.3, -0.25) is 4.79 Å². The summed E-state index contributed by atoms with van der Waals surface area (Å²) in [6.45, 7) is 0.183. The van der Waals surface area contributed by atoms with Crippen LogP contribution < -0.4 is 14.8 Å². The number of nitrogens with one attached hydrogen (secondary N) is 1. The molecule has 1 aromatic carbocycles. The monoisotopic (exact) mass is 342 g/mol. The van der Waals surface area contributed by atoms with E-state index in [0.717, 1.165) is 5.75 Å². The van der Waals surface area contributed by atoms with Gasteiger partial charge < -0.3 is 19.5 Å². The van der Waals surface area contributed by atoms with Gasteiger partial charge in [0.2, 0.25) is 0 Å². The first-order valence-corrected chi connectivity index (χ1v) is 7.59. The second-order valence-electron chi connectivity index (χ2n) is 5.16. The minimum absolute atomic E-state index is 0.119. The van der Waals surface area contributed by atoms with Crippen LogP contribution in [0, 0.1) is 0 Å². The Morgan fingerprint density at radius 3 is 2.64 bits per heavy atom. The molecule has 1 amide bonds. The summed E-state index contributed by atoms with van der Waals surface area (Å²) >= 11 is 0. The van der Waals surface area contributed by atoms with Gasteiger partial charge in [0.05, 0.1) is 12.8 Å². The highest BCUT2D eigenvalue weighted by molar-refractivity contribution is 5.95. The molecule has 0 aliphatic rings.